The zero-order valence-corrected chi connectivity index (χ0v) is 9.10. The fraction of sp³-hybridized carbons (Fsp3) is 0.417. The van der Waals surface area contributed by atoms with E-state index in [1.165, 1.54) is 0 Å². The summed E-state index contributed by atoms with van der Waals surface area (Å²) in [5.41, 5.74) is 0.990. The van der Waals surface area contributed by atoms with E-state index in [-0.39, 0.29) is 6.10 Å². The van der Waals surface area contributed by atoms with Crippen molar-refractivity contribution in [1.82, 2.24) is 0 Å². The lowest BCUT2D eigenvalue weighted by Crippen LogP contribution is -2.04. The molecule has 0 heterocycles. The third-order valence-electron chi connectivity index (χ3n) is 2.32. The quantitative estimate of drug-likeness (QED) is 0.673. The van der Waals surface area contributed by atoms with Gasteiger partial charge in [0.05, 0.1) is 13.2 Å². The van der Waals surface area contributed by atoms with E-state index in [2.05, 4.69) is 0 Å². The Morgan fingerprint density at radius 2 is 2.07 bits per heavy atom. The first kappa shape index (κ1) is 11.7. The Hall–Kier alpha value is -1.35. The van der Waals surface area contributed by atoms with Crippen molar-refractivity contribution in [2.45, 2.75) is 18.9 Å². The van der Waals surface area contributed by atoms with Crippen molar-refractivity contribution in [3.63, 3.8) is 0 Å². The molecule has 1 aromatic rings. The van der Waals surface area contributed by atoms with Crippen LogP contribution in [-0.2, 0) is 9.53 Å². The third kappa shape index (κ3) is 3.06. The monoisotopic (exact) mass is 208 g/mol. The summed E-state index contributed by atoms with van der Waals surface area (Å²) in [6.45, 7) is 0. The minimum Gasteiger partial charge on any atom is -0.496 e. The van der Waals surface area contributed by atoms with Gasteiger partial charge in [0.25, 0.3) is 0 Å². The minimum atomic E-state index is -0.0775. The van der Waals surface area contributed by atoms with Crippen molar-refractivity contribution < 1.29 is 14.3 Å². The summed E-state index contributed by atoms with van der Waals surface area (Å²) < 4.78 is 10.6. The lowest BCUT2D eigenvalue weighted by Gasteiger charge is -2.17. The van der Waals surface area contributed by atoms with Crippen molar-refractivity contribution in [3.8, 4) is 5.75 Å². The summed E-state index contributed by atoms with van der Waals surface area (Å²) in [4.78, 5) is 10.3. The topological polar surface area (TPSA) is 35.5 Å². The molecule has 15 heavy (non-hydrogen) atoms. The van der Waals surface area contributed by atoms with Gasteiger partial charge in [0, 0.05) is 19.1 Å². The van der Waals surface area contributed by atoms with Crippen molar-refractivity contribution in [1.29, 1.82) is 0 Å². The van der Waals surface area contributed by atoms with Gasteiger partial charge in [-0.3, -0.25) is 0 Å². The number of aldehydes is 1. The molecule has 0 radical (unpaired) electrons. The van der Waals surface area contributed by atoms with Crippen LogP contribution in [0.4, 0.5) is 0 Å². The molecular weight excluding hydrogens is 192 g/mol. The zero-order chi connectivity index (χ0) is 11.1. The van der Waals surface area contributed by atoms with Crippen molar-refractivity contribution >= 4 is 6.29 Å². The van der Waals surface area contributed by atoms with Gasteiger partial charge in [-0.1, -0.05) is 18.2 Å². The van der Waals surface area contributed by atoms with Gasteiger partial charge < -0.3 is 14.3 Å². The number of para-hydroxylation sites is 1. The van der Waals surface area contributed by atoms with E-state index in [0.29, 0.717) is 12.8 Å². The standard InChI is InChI=1S/C12H16O3/c1-14-11-7-4-3-6-10(11)12(15-2)8-5-9-13/h3-4,6-7,9,12H,5,8H2,1-2H3. The van der Waals surface area contributed by atoms with E-state index >= 15 is 0 Å². The van der Waals surface area contributed by atoms with Gasteiger partial charge in [0.15, 0.2) is 0 Å². The van der Waals surface area contributed by atoms with E-state index in [1.807, 2.05) is 24.3 Å². The zero-order valence-electron chi connectivity index (χ0n) is 9.10. The lowest BCUT2D eigenvalue weighted by atomic mass is 10.0. The van der Waals surface area contributed by atoms with Crippen LogP contribution in [0.15, 0.2) is 24.3 Å². The maximum Gasteiger partial charge on any atom is 0.124 e. The first-order valence-electron chi connectivity index (χ1n) is 4.92. The van der Waals surface area contributed by atoms with Crippen LogP contribution in [-0.4, -0.2) is 20.5 Å². The highest BCUT2D eigenvalue weighted by atomic mass is 16.5. The molecule has 0 aliphatic heterocycles. The number of carbonyl (C=O) groups excluding carboxylic acids is 1. The van der Waals surface area contributed by atoms with Gasteiger partial charge in [-0.2, -0.15) is 0 Å². The molecule has 1 atom stereocenters. The number of carbonyl (C=O) groups is 1. The summed E-state index contributed by atoms with van der Waals surface area (Å²) in [5.74, 6) is 0.801. The summed E-state index contributed by atoms with van der Waals surface area (Å²) >= 11 is 0. The third-order valence-corrected chi connectivity index (χ3v) is 2.32. The van der Waals surface area contributed by atoms with Gasteiger partial charge in [-0.15, -0.1) is 0 Å². The Labute approximate surface area is 90.0 Å². The van der Waals surface area contributed by atoms with E-state index < -0.39 is 0 Å². The van der Waals surface area contributed by atoms with Crippen molar-refractivity contribution in [2.24, 2.45) is 0 Å². The number of ether oxygens (including phenoxy) is 2. The minimum absolute atomic E-state index is 0.0775. The molecule has 0 aromatic heterocycles. The van der Waals surface area contributed by atoms with Crippen LogP contribution in [0.1, 0.15) is 24.5 Å². The Kier molecular flexibility index (Phi) is 4.84. The SMILES string of the molecule is COc1ccccc1C(CCC=O)OC. The Balaban J connectivity index is 2.84. The highest BCUT2D eigenvalue weighted by Crippen LogP contribution is 2.29. The van der Waals surface area contributed by atoms with E-state index in [0.717, 1.165) is 17.6 Å². The van der Waals surface area contributed by atoms with Gasteiger partial charge in [0.2, 0.25) is 0 Å². The molecule has 3 heteroatoms. The van der Waals surface area contributed by atoms with Crippen LogP contribution in [0.5, 0.6) is 5.75 Å². The second kappa shape index (κ2) is 6.19. The molecule has 82 valence electrons. The van der Waals surface area contributed by atoms with Gasteiger partial charge >= 0.3 is 0 Å². The molecule has 1 rings (SSSR count). The highest BCUT2D eigenvalue weighted by Gasteiger charge is 2.14. The molecule has 3 nitrogen and oxygen atoms in total. The smallest absolute Gasteiger partial charge is 0.124 e. The lowest BCUT2D eigenvalue weighted by molar-refractivity contribution is -0.108. The summed E-state index contributed by atoms with van der Waals surface area (Å²) in [6, 6.07) is 7.69. The molecule has 0 aliphatic rings. The molecule has 0 bridgehead atoms. The fourth-order valence-electron chi connectivity index (χ4n) is 1.55. The second-order valence-corrected chi connectivity index (χ2v) is 3.21. The molecule has 0 saturated carbocycles. The summed E-state index contributed by atoms with van der Waals surface area (Å²) in [6.07, 6.45) is 2.00. The predicted octanol–water partition coefficient (Wildman–Crippen LogP) is 2.36. The van der Waals surface area contributed by atoms with Crippen LogP contribution >= 0.6 is 0 Å². The number of methoxy groups -OCH3 is 2. The molecule has 0 fully saturated rings. The Morgan fingerprint density at radius 1 is 1.33 bits per heavy atom. The largest absolute Gasteiger partial charge is 0.496 e. The van der Waals surface area contributed by atoms with E-state index in [1.54, 1.807) is 14.2 Å². The van der Waals surface area contributed by atoms with Crippen LogP contribution in [0.2, 0.25) is 0 Å². The normalized spacial score (nSPS) is 12.1. The fourth-order valence-corrected chi connectivity index (χ4v) is 1.55. The first-order valence-corrected chi connectivity index (χ1v) is 4.92. The predicted molar refractivity (Wildman–Crippen MR) is 58.0 cm³/mol. The number of benzene rings is 1. The molecule has 0 spiro atoms. The van der Waals surface area contributed by atoms with E-state index in [9.17, 15) is 4.79 Å². The molecular formula is C12H16O3. The highest BCUT2D eigenvalue weighted by molar-refractivity contribution is 5.49. The maximum absolute atomic E-state index is 10.3. The van der Waals surface area contributed by atoms with Crippen molar-refractivity contribution in [2.75, 3.05) is 14.2 Å². The number of hydrogen-bond acceptors (Lipinski definition) is 3. The molecule has 1 unspecified atom stereocenters. The van der Waals surface area contributed by atoms with Gasteiger partial charge in [-0.25, -0.2) is 0 Å². The molecule has 1 aromatic carbocycles. The summed E-state index contributed by atoms with van der Waals surface area (Å²) in [5, 5.41) is 0. The van der Waals surface area contributed by atoms with Crippen LogP contribution in [0.3, 0.4) is 0 Å². The molecule has 0 aliphatic carbocycles. The maximum atomic E-state index is 10.3. The number of hydrogen-bond donors (Lipinski definition) is 0. The van der Waals surface area contributed by atoms with Crippen LogP contribution in [0, 0.1) is 0 Å². The molecule has 0 saturated heterocycles. The van der Waals surface area contributed by atoms with Crippen LogP contribution < -0.4 is 4.74 Å². The first-order chi connectivity index (χ1) is 7.33. The van der Waals surface area contributed by atoms with Crippen molar-refractivity contribution in [3.05, 3.63) is 29.8 Å². The average Bonchev–Trinajstić information content (AvgIpc) is 2.30. The Bertz CT molecular complexity index is 309. The van der Waals surface area contributed by atoms with Gasteiger partial charge in [-0.05, 0) is 12.5 Å². The second-order valence-electron chi connectivity index (χ2n) is 3.21. The van der Waals surface area contributed by atoms with Gasteiger partial charge in [0.1, 0.15) is 12.0 Å². The van der Waals surface area contributed by atoms with Crippen LogP contribution in [0.25, 0.3) is 0 Å². The average molecular weight is 208 g/mol. The molecule has 0 N–H and O–H groups in total. The number of rotatable bonds is 6. The van der Waals surface area contributed by atoms with E-state index in [4.69, 9.17) is 9.47 Å². The summed E-state index contributed by atoms with van der Waals surface area (Å²) in [7, 11) is 3.27. The Morgan fingerprint density at radius 3 is 2.67 bits per heavy atom. The molecule has 0 amide bonds.